The predicted molar refractivity (Wildman–Crippen MR) is 102 cm³/mol. The van der Waals surface area contributed by atoms with Gasteiger partial charge in [0.2, 0.25) is 0 Å². The number of morpholine rings is 1. The van der Waals surface area contributed by atoms with Crippen molar-refractivity contribution in [3.8, 4) is 0 Å². The third-order valence-corrected chi connectivity index (χ3v) is 5.28. The molecule has 0 unspecified atom stereocenters. The Balaban J connectivity index is 1.41. The molecule has 3 heterocycles. The van der Waals surface area contributed by atoms with E-state index in [9.17, 15) is 4.79 Å². The average molecular weight is 378 g/mol. The standard InChI is InChI=1S/C19H27N3O3S/c23-19(20-7-1-2-8-21-9-12-24-13-10-21)22(15-17-5-3-11-25-17)16-18-6-4-14-26-18/h3-6,11,14H,1-2,7-10,12-13,15-16H2,(H,20,23). The van der Waals surface area contributed by atoms with E-state index in [4.69, 9.17) is 9.15 Å². The van der Waals surface area contributed by atoms with Gasteiger partial charge in [0.05, 0.1) is 32.6 Å². The van der Waals surface area contributed by atoms with Crippen molar-refractivity contribution < 1.29 is 13.9 Å². The molecule has 2 aromatic rings. The van der Waals surface area contributed by atoms with Crippen molar-refractivity contribution in [1.82, 2.24) is 15.1 Å². The lowest BCUT2D eigenvalue weighted by Crippen LogP contribution is -2.40. The van der Waals surface area contributed by atoms with Crippen molar-refractivity contribution in [1.29, 1.82) is 0 Å². The number of thiophene rings is 1. The fraction of sp³-hybridized carbons (Fsp3) is 0.526. The maximum Gasteiger partial charge on any atom is 0.318 e. The highest BCUT2D eigenvalue weighted by atomic mass is 32.1. The fourth-order valence-electron chi connectivity index (χ4n) is 2.97. The summed E-state index contributed by atoms with van der Waals surface area (Å²) in [5.74, 6) is 0.795. The molecule has 1 aliphatic heterocycles. The van der Waals surface area contributed by atoms with Crippen LogP contribution in [0.5, 0.6) is 0 Å². The number of carbonyl (C=O) groups is 1. The highest BCUT2D eigenvalue weighted by Crippen LogP contribution is 2.15. The summed E-state index contributed by atoms with van der Waals surface area (Å²) in [5, 5.41) is 5.08. The van der Waals surface area contributed by atoms with Gasteiger partial charge in [-0.25, -0.2) is 4.79 Å². The average Bonchev–Trinajstić information content (AvgIpc) is 3.36. The molecule has 26 heavy (non-hydrogen) atoms. The summed E-state index contributed by atoms with van der Waals surface area (Å²) in [6.07, 6.45) is 3.71. The molecule has 0 spiro atoms. The van der Waals surface area contributed by atoms with Gasteiger partial charge >= 0.3 is 6.03 Å². The minimum Gasteiger partial charge on any atom is -0.467 e. The maximum atomic E-state index is 12.6. The number of hydrogen-bond donors (Lipinski definition) is 1. The molecule has 1 N–H and O–H groups in total. The molecular weight excluding hydrogens is 350 g/mol. The number of amides is 2. The van der Waals surface area contributed by atoms with Crippen LogP contribution in [-0.2, 0) is 17.8 Å². The SMILES string of the molecule is O=C(NCCCCN1CCOCC1)N(Cc1ccco1)Cc1cccs1. The lowest BCUT2D eigenvalue weighted by atomic mass is 10.2. The molecule has 2 aromatic heterocycles. The van der Waals surface area contributed by atoms with Gasteiger partial charge in [-0.05, 0) is 43.0 Å². The van der Waals surface area contributed by atoms with Gasteiger partial charge in [-0.2, -0.15) is 0 Å². The topological polar surface area (TPSA) is 58.0 Å². The molecule has 2 amide bonds. The van der Waals surface area contributed by atoms with Crippen molar-refractivity contribution in [2.45, 2.75) is 25.9 Å². The summed E-state index contributed by atoms with van der Waals surface area (Å²) in [6.45, 7) is 6.55. The highest BCUT2D eigenvalue weighted by Gasteiger charge is 2.16. The van der Waals surface area contributed by atoms with Crippen LogP contribution in [0.25, 0.3) is 0 Å². The Bertz CT molecular complexity index is 588. The Morgan fingerprint density at radius 1 is 1.19 bits per heavy atom. The number of nitrogens with one attached hydrogen (secondary N) is 1. The first kappa shape index (κ1) is 18.9. The van der Waals surface area contributed by atoms with Crippen LogP contribution in [0.2, 0.25) is 0 Å². The van der Waals surface area contributed by atoms with E-state index in [0.717, 1.165) is 51.4 Å². The van der Waals surface area contributed by atoms with Crippen LogP contribution in [-0.4, -0.2) is 55.2 Å². The van der Waals surface area contributed by atoms with E-state index < -0.39 is 0 Å². The second-order valence-electron chi connectivity index (χ2n) is 6.41. The lowest BCUT2D eigenvalue weighted by Gasteiger charge is -2.26. The van der Waals surface area contributed by atoms with Gasteiger partial charge in [0.25, 0.3) is 0 Å². The first-order chi connectivity index (χ1) is 12.8. The van der Waals surface area contributed by atoms with Gasteiger partial charge in [-0.15, -0.1) is 11.3 Å². The van der Waals surface area contributed by atoms with Crippen LogP contribution in [0.1, 0.15) is 23.5 Å². The van der Waals surface area contributed by atoms with Gasteiger partial charge in [0, 0.05) is 24.5 Å². The molecule has 0 atom stereocenters. The molecule has 0 radical (unpaired) electrons. The number of ether oxygens (including phenoxy) is 1. The van der Waals surface area contributed by atoms with Crippen LogP contribution in [0.3, 0.4) is 0 Å². The lowest BCUT2D eigenvalue weighted by molar-refractivity contribution is 0.0372. The number of carbonyl (C=O) groups excluding carboxylic acids is 1. The molecule has 0 bridgehead atoms. The van der Waals surface area contributed by atoms with Gasteiger partial charge in [0.15, 0.2) is 0 Å². The van der Waals surface area contributed by atoms with E-state index in [1.165, 1.54) is 4.88 Å². The van der Waals surface area contributed by atoms with E-state index in [-0.39, 0.29) is 6.03 Å². The second-order valence-corrected chi connectivity index (χ2v) is 7.44. The van der Waals surface area contributed by atoms with Crippen molar-refractivity contribution in [3.63, 3.8) is 0 Å². The zero-order valence-corrected chi connectivity index (χ0v) is 15.9. The molecule has 6 nitrogen and oxygen atoms in total. The quantitative estimate of drug-likeness (QED) is 0.682. The summed E-state index contributed by atoms with van der Waals surface area (Å²) in [5.41, 5.74) is 0. The number of furan rings is 1. The molecular formula is C19H27N3O3S. The van der Waals surface area contributed by atoms with Gasteiger partial charge < -0.3 is 19.4 Å². The van der Waals surface area contributed by atoms with Crippen LogP contribution in [0, 0.1) is 0 Å². The first-order valence-electron chi connectivity index (χ1n) is 9.19. The van der Waals surface area contributed by atoms with Crippen molar-refractivity contribution in [3.05, 3.63) is 46.5 Å². The molecule has 0 aliphatic carbocycles. The molecule has 7 heteroatoms. The van der Waals surface area contributed by atoms with Crippen molar-refractivity contribution in [2.24, 2.45) is 0 Å². The zero-order chi connectivity index (χ0) is 18.0. The van der Waals surface area contributed by atoms with E-state index in [2.05, 4.69) is 16.3 Å². The Morgan fingerprint density at radius 3 is 2.81 bits per heavy atom. The van der Waals surface area contributed by atoms with E-state index in [1.807, 2.05) is 23.6 Å². The summed E-state index contributed by atoms with van der Waals surface area (Å²) >= 11 is 1.66. The predicted octanol–water partition coefficient (Wildman–Crippen LogP) is 3.17. The third-order valence-electron chi connectivity index (χ3n) is 4.42. The van der Waals surface area contributed by atoms with Crippen molar-refractivity contribution >= 4 is 17.4 Å². The van der Waals surface area contributed by atoms with Crippen LogP contribution in [0.15, 0.2) is 40.3 Å². The minimum absolute atomic E-state index is 0.0406. The highest BCUT2D eigenvalue weighted by molar-refractivity contribution is 7.09. The number of rotatable bonds is 9. The molecule has 1 fully saturated rings. The van der Waals surface area contributed by atoms with Crippen LogP contribution < -0.4 is 5.32 Å². The monoisotopic (exact) mass is 377 g/mol. The molecule has 3 rings (SSSR count). The Kier molecular flexibility index (Phi) is 7.54. The van der Waals surface area contributed by atoms with Crippen LogP contribution in [0.4, 0.5) is 4.79 Å². The molecule has 1 aliphatic rings. The second kappa shape index (κ2) is 10.4. The third kappa shape index (κ3) is 6.16. The normalized spacial score (nSPS) is 15.1. The van der Waals surface area contributed by atoms with E-state index in [0.29, 0.717) is 19.6 Å². The summed E-state index contributed by atoms with van der Waals surface area (Å²) in [4.78, 5) is 18.0. The summed E-state index contributed by atoms with van der Waals surface area (Å²) < 4.78 is 10.8. The number of hydrogen-bond acceptors (Lipinski definition) is 5. The Hall–Kier alpha value is -1.83. The minimum atomic E-state index is -0.0406. The number of nitrogens with zero attached hydrogens (tertiary/aromatic N) is 2. The first-order valence-corrected chi connectivity index (χ1v) is 10.1. The maximum absolute atomic E-state index is 12.6. The number of urea groups is 1. The zero-order valence-electron chi connectivity index (χ0n) is 15.1. The summed E-state index contributed by atoms with van der Waals surface area (Å²) in [7, 11) is 0. The Morgan fingerprint density at radius 2 is 2.08 bits per heavy atom. The fourth-order valence-corrected chi connectivity index (χ4v) is 3.69. The smallest absolute Gasteiger partial charge is 0.318 e. The van der Waals surface area contributed by atoms with Crippen molar-refractivity contribution in [2.75, 3.05) is 39.4 Å². The van der Waals surface area contributed by atoms with Gasteiger partial charge in [-0.1, -0.05) is 6.07 Å². The molecule has 0 aromatic carbocycles. The van der Waals surface area contributed by atoms with E-state index >= 15 is 0 Å². The largest absolute Gasteiger partial charge is 0.467 e. The van der Waals surface area contributed by atoms with Gasteiger partial charge in [0.1, 0.15) is 5.76 Å². The molecule has 0 saturated carbocycles. The van der Waals surface area contributed by atoms with Gasteiger partial charge in [-0.3, -0.25) is 4.90 Å². The Labute approximate surface area is 158 Å². The number of unbranched alkanes of at least 4 members (excludes halogenated alkanes) is 1. The molecule has 142 valence electrons. The van der Waals surface area contributed by atoms with Crippen LogP contribution >= 0.6 is 11.3 Å². The molecule has 1 saturated heterocycles. The summed E-state index contributed by atoms with van der Waals surface area (Å²) in [6, 6.07) is 7.77. The van der Waals surface area contributed by atoms with E-state index in [1.54, 1.807) is 22.5 Å².